The smallest absolute Gasteiger partial charge is 0.0781 e. The Morgan fingerprint density at radius 3 is 2.72 bits per heavy atom. The molecule has 1 fully saturated rings. The van der Waals surface area contributed by atoms with E-state index in [1.807, 2.05) is 17.8 Å². The molecule has 1 N–H and O–H groups in total. The SMILES string of the molecule is CCC(C)(C)C1CCC(O)C(n2cc(C)cn2)C1. The Morgan fingerprint density at radius 2 is 2.17 bits per heavy atom. The van der Waals surface area contributed by atoms with Crippen LogP contribution < -0.4 is 0 Å². The molecule has 0 amide bonds. The van der Waals surface area contributed by atoms with Crippen molar-refractivity contribution in [3.05, 3.63) is 18.0 Å². The maximum Gasteiger partial charge on any atom is 0.0781 e. The molecule has 0 radical (unpaired) electrons. The summed E-state index contributed by atoms with van der Waals surface area (Å²) in [6.07, 6.45) is 7.96. The van der Waals surface area contributed by atoms with E-state index in [1.54, 1.807) is 0 Å². The van der Waals surface area contributed by atoms with Crippen molar-refractivity contribution in [3.63, 3.8) is 0 Å². The molecule has 1 aromatic rings. The average molecular weight is 250 g/mol. The van der Waals surface area contributed by atoms with Crippen LogP contribution in [-0.4, -0.2) is 21.0 Å². The van der Waals surface area contributed by atoms with Gasteiger partial charge in [0.1, 0.15) is 0 Å². The van der Waals surface area contributed by atoms with Gasteiger partial charge < -0.3 is 5.11 Å². The Hall–Kier alpha value is -0.830. The Bertz CT molecular complexity index is 397. The summed E-state index contributed by atoms with van der Waals surface area (Å²) in [4.78, 5) is 0. The van der Waals surface area contributed by atoms with E-state index < -0.39 is 0 Å². The van der Waals surface area contributed by atoms with Crippen molar-refractivity contribution in [2.45, 2.75) is 65.5 Å². The van der Waals surface area contributed by atoms with Gasteiger partial charge in [0.05, 0.1) is 18.3 Å². The summed E-state index contributed by atoms with van der Waals surface area (Å²) < 4.78 is 1.97. The number of aromatic nitrogens is 2. The maximum absolute atomic E-state index is 10.2. The molecule has 1 aliphatic carbocycles. The molecule has 3 heteroatoms. The molecule has 102 valence electrons. The lowest BCUT2D eigenvalue weighted by atomic mass is 9.68. The van der Waals surface area contributed by atoms with Gasteiger partial charge in [-0.3, -0.25) is 4.68 Å². The van der Waals surface area contributed by atoms with E-state index >= 15 is 0 Å². The third kappa shape index (κ3) is 2.61. The number of hydrogen-bond donors (Lipinski definition) is 1. The highest BCUT2D eigenvalue weighted by Gasteiger charge is 2.37. The first-order valence-corrected chi connectivity index (χ1v) is 7.13. The van der Waals surface area contributed by atoms with Crippen LogP contribution >= 0.6 is 0 Å². The molecule has 0 saturated heterocycles. The lowest BCUT2D eigenvalue weighted by Gasteiger charge is -2.41. The fourth-order valence-corrected chi connectivity index (χ4v) is 3.03. The van der Waals surface area contributed by atoms with Crippen molar-refractivity contribution in [1.82, 2.24) is 9.78 Å². The number of nitrogens with zero attached hydrogens (tertiary/aromatic N) is 2. The van der Waals surface area contributed by atoms with Crippen molar-refractivity contribution >= 4 is 0 Å². The van der Waals surface area contributed by atoms with E-state index in [-0.39, 0.29) is 12.1 Å². The Labute approximate surface area is 110 Å². The van der Waals surface area contributed by atoms with Crippen molar-refractivity contribution in [1.29, 1.82) is 0 Å². The second-order valence-corrected chi connectivity index (χ2v) is 6.48. The molecule has 1 heterocycles. The monoisotopic (exact) mass is 250 g/mol. The molecule has 1 aromatic heterocycles. The molecular formula is C15H26N2O. The maximum atomic E-state index is 10.2. The summed E-state index contributed by atoms with van der Waals surface area (Å²) in [5, 5.41) is 14.6. The number of aliphatic hydroxyl groups is 1. The average Bonchev–Trinajstić information content (AvgIpc) is 2.76. The summed E-state index contributed by atoms with van der Waals surface area (Å²) in [5.74, 6) is 0.681. The van der Waals surface area contributed by atoms with Gasteiger partial charge in [0.2, 0.25) is 0 Å². The minimum absolute atomic E-state index is 0.156. The van der Waals surface area contributed by atoms with Crippen LogP contribution in [0.15, 0.2) is 12.4 Å². The first-order valence-electron chi connectivity index (χ1n) is 7.13. The Morgan fingerprint density at radius 1 is 1.44 bits per heavy atom. The largest absolute Gasteiger partial charge is 0.391 e. The van der Waals surface area contributed by atoms with Gasteiger partial charge in [-0.05, 0) is 43.1 Å². The van der Waals surface area contributed by atoms with Gasteiger partial charge in [0.15, 0.2) is 0 Å². The van der Waals surface area contributed by atoms with Gasteiger partial charge in [0, 0.05) is 6.20 Å². The van der Waals surface area contributed by atoms with Crippen LogP contribution in [0, 0.1) is 18.3 Å². The van der Waals surface area contributed by atoms with Crippen LogP contribution in [0.2, 0.25) is 0 Å². The van der Waals surface area contributed by atoms with E-state index in [1.165, 1.54) is 12.0 Å². The zero-order valence-corrected chi connectivity index (χ0v) is 12.1. The summed E-state index contributed by atoms with van der Waals surface area (Å²) >= 11 is 0. The lowest BCUT2D eigenvalue weighted by Crippen LogP contribution is -2.37. The van der Waals surface area contributed by atoms with Crippen molar-refractivity contribution < 1.29 is 5.11 Å². The molecule has 3 unspecified atom stereocenters. The molecule has 1 saturated carbocycles. The predicted molar refractivity (Wildman–Crippen MR) is 73.4 cm³/mol. The van der Waals surface area contributed by atoms with Crippen LogP contribution in [-0.2, 0) is 0 Å². The van der Waals surface area contributed by atoms with E-state index in [4.69, 9.17) is 0 Å². The highest BCUT2D eigenvalue weighted by molar-refractivity contribution is 5.02. The molecule has 0 spiro atoms. The van der Waals surface area contributed by atoms with Gasteiger partial charge in [-0.25, -0.2) is 0 Å². The van der Waals surface area contributed by atoms with Gasteiger partial charge in [0.25, 0.3) is 0 Å². The van der Waals surface area contributed by atoms with Gasteiger partial charge in [-0.2, -0.15) is 5.10 Å². The van der Waals surface area contributed by atoms with E-state index in [2.05, 4.69) is 32.1 Å². The number of aryl methyl sites for hydroxylation is 1. The molecular weight excluding hydrogens is 224 g/mol. The van der Waals surface area contributed by atoms with Crippen LogP contribution in [0.3, 0.4) is 0 Å². The quantitative estimate of drug-likeness (QED) is 0.893. The van der Waals surface area contributed by atoms with Crippen LogP contribution in [0.25, 0.3) is 0 Å². The Balaban J connectivity index is 2.15. The number of rotatable bonds is 3. The molecule has 0 aromatic carbocycles. The molecule has 1 aliphatic rings. The van der Waals surface area contributed by atoms with Crippen molar-refractivity contribution in [3.8, 4) is 0 Å². The summed E-state index contributed by atoms with van der Waals surface area (Å²) in [7, 11) is 0. The standard InChI is InChI=1S/C15H26N2O/c1-5-15(3,4)12-6-7-14(18)13(8-12)17-10-11(2)9-16-17/h9-10,12-14,18H,5-8H2,1-4H3. The molecule has 3 atom stereocenters. The van der Waals surface area contributed by atoms with E-state index in [9.17, 15) is 5.11 Å². The second-order valence-electron chi connectivity index (χ2n) is 6.48. The van der Waals surface area contributed by atoms with Crippen molar-refractivity contribution in [2.75, 3.05) is 0 Å². The topological polar surface area (TPSA) is 38.0 Å². The molecule has 0 bridgehead atoms. The van der Waals surface area contributed by atoms with E-state index in [0.717, 1.165) is 19.3 Å². The Kier molecular flexibility index (Phi) is 3.81. The molecule has 0 aliphatic heterocycles. The third-order valence-corrected chi connectivity index (χ3v) is 4.87. The van der Waals surface area contributed by atoms with Crippen molar-refractivity contribution in [2.24, 2.45) is 11.3 Å². The highest BCUT2D eigenvalue weighted by Crippen LogP contribution is 2.43. The number of aliphatic hydroxyl groups excluding tert-OH is 1. The molecule has 2 rings (SSSR count). The second kappa shape index (κ2) is 5.04. The summed E-state index contributed by atoms with van der Waals surface area (Å²) in [6, 6.07) is 0.156. The minimum atomic E-state index is -0.242. The third-order valence-electron chi connectivity index (χ3n) is 4.87. The zero-order valence-electron chi connectivity index (χ0n) is 12.1. The predicted octanol–water partition coefficient (Wildman–Crippen LogP) is 3.33. The lowest BCUT2D eigenvalue weighted by molar-refractivity contribution is 0.0147. The van der Waals surface area contributed by atoms with E-state index in [0.29, 0.717) is 11.3 Å². The van der Waals surface area contributed by atoms with Gasteiger partial charge in [-0.1, -0.05) is 27.2 Å². The van der Waals surface area contributed by atoms with Crippen LogP contribution in [0.4, 0.5) is 0 Å². The highest BCUT2D eigenvalue weighted by atomic mass is 16.3. The fraction of sp³-hybridized carbons (Fsp3) is 0.800. The van der Waals surface area contributed by atoms with Crippen LogP contribution in [0.1, 0.15) is 58.1 Å². The normalized spacial score (nSPS) is 29.5. The summed E-state index contributed by atoms with van der Waals surface area (Å²) in [6.45, 7) is 9.01. The first kappa shape index (κ1) is 13.6. The number of hydrogen-bond acceptors (Lipinski definition) is 2. The molecule has 18 heavy (non-hydrogen) atoms. The fourth-order valence-electron chi connectivity index (χ4n) is 3.03. The first-order chi connectivity index (χ1) is 8.44. The van der Waals surface area contributed by atoms with Gasteiger partial charge in [-0.15, -0.1) is 0 Å². The zero-order chi connectivity index (χ0) is 13.3. The summed E-state index contributed by atoms with van der Waals surface area (Å²) in [5.41, 5.74) is 1.53. The van der Waals surface area contributed by atoms with Gasteiger partial charge >= 0.3 is 0 Å². The minimum Gasteiger partial charge on any atom is -0.391 e. The molecule has 3 nitrogen and oxygen atoms in total. The van der Waals surface area contributed by atoms with Crippen LogP contribution in [0.5, 0.6) is 0 Å².